The van der Waals surface area contributed by atoms with Gasteiger partial charge in [0.25, 0.3) is 0 Å². The summed E-state index contributed by atoms with van der Waals surface area (Å²) in [6.45, 7) is 2.62. The van der Waals surface area contributed by atoms with E-state index in [9.17, 15) is 0 Å². The number of guanidine groups is 1. The third-order valence-corrected chi connectivity index (χ3v) is 2.92. The molecule has 21 heavy (non-hydrogen) atoms. The molecule has 0 radical (unpaired) electrons. The first-order chi connectivity index (χ1) is 10.1. The molecule has 4 N–H and O–H groups in total. The minimum Gasteiger partial charge on any atom is -0.489 e. The Morgan fingerprint density at radius 1 is 1.10 bits per heavy atom. The van der Waals surface area contributed by atoms with E-state index in [0.29, 0.717) is 6.61 Å². The number of nitrogens with zero attached hydrogens (tertiary/aromatic N) is 2. The average molecular weight is 282 g/mol. The van der Waals surface area contributed by atoms with Crippen LogP contribution in [0.4, 0.5) is 0 Å². The van der Waals surface area contributed by atoms with Crippen molar-refractivity contribution in [3.05, 3.63) is 65.2 Å². The Morgan fingerprint density at radius 3 is 2.48 bits per heavy atom. The molecule has 2 aromatic rings. The normalized spacial score (nSPS) is 10.5. The van der Waals surface area contributed by atoms with Gasteiger partial charge in [-0.1, -0.05) is 24.3 Å². The molecule has 0 aliphatic heterocycles. The van der Waals surface area contributed by atoms with E-state index in [4.69, 9.17) is 16.2 Å². The minimum atomic E-state index is -0.0653. The fraction of sp³-hybridized carbons (Fsp3) is 0.125. The fourth-order valence-electron chi connectivity index (χ4n) is 1.75. The van der Waals surface area contributed by atoms with Crippen molar-refractivity contribution in [1.82, 2.24) is 0 Å². The van der Waals surface area contributed by atoms with E-state index in [2.05, 4.69) is 29.3 Å². The van der Waals surface area contributed by atoms with Crippen LogP contribution in [0.1, 0.15) is 16.7 Å². The first-order valence-electron chi connectivity index (χ1n) is 6.54. The number of aryl methyl sites for hydroxylation is 1. The third kappa shape index (κ3) is 4.65. The van der Waals surface area contributed by atoms with E-state index < -0.39 is 0 Å². The Balaban J connectivity index is 1.95. The third-order valence-electron chi connectivity index (χ3n) is 2.92. The van der Waals surface area contributed by atoms with Gasteiger partial charge in [-0.2, -0.15) is 5.10 Å². The van der Waals surface area contributed by atoms with Crippen LogP contribution in [0.2, 0.25) is 0 Å². The number of rotatable bonds is 5. The number of hydrogen-bond donors (Lipinski definition) is 2. The van der Waals surface area contributed by atoms with Gasteiger partial charge in [-0.3, -0.25) is 0 Å². The lowest BCUT2D eigenvalue weighted by molar-refractivity contribution is 0.305. The highest BCUT2D eigenvalue weighted by Gasteiger charge is 1.99. The van der Waals surface area contributed by atoms with Crippen LogP contribution < -0.4 is 16.2 Å². The molecule has 0 aliphatic rings. The second-order valence-electron chi connectivity index (χ2n) is 4.55. The summed E-state index contributed by atoms with van der Waals surface area (Å²) in [4.78, 5) is 0. The Labute approximate surface area is 124 Å². The second-order valence-corrected chi connectivity index (χ2v) is 4.55. The minimum absolute atomic E-state index is 0.0653. The molecule has 5 heteroatoms. The molecular weight excluding hydrogens is 264 g/mol. The highest BCUT2D eigenvalue weighted by Crippen LogP contribution is 2.15. The Morgan fingerprint density at radius 2 is 1.81 bits per heavy atom. The van der Waals surface area contributed by atoms with Gasteiger partial charge in [0.15, 0.2) is 0 Å². The van der Waals surface area contributed by atoms with Crippen LogP contribution in [-0.4, -0.2) is 12.2 Å². The first-order valence-corrected chi connectivity index (χ1v) is 6.54. The molecule has 5 nitrogen and oxygen atoms in total. The molecule has 108 valence electrons. The number of ether oxygens (including phenoxy) is 1. The first kappa shape index (κ1) is 14.6. The maximum absolute atomic E-state index is 5.76. The Hall–Kier alpha value is -2.82. The van der Waals surface area contributed by atoms with Crippen molar-refractivity contribution in [1.29, 1.82) is 0 Å². The van der Waals surface area contributed by atoms with Gasteiger partial charge in [-0.15, -0.1) is 5.10 Å². The van der Waals surface area contributed by atoms with E-state index in [1.54, 1.807) is 6.21 Å². The molecular formula is C16H18N4O. The monoisotopic (exact) mass is 282 g/mol. The van der Waals surface area contributed by atoms with Crippen LogP contribution in [0.3, 0.4) is 0 Å². The molecule has 0 unspecified atom stereocenters. The molecule has 0 spiro atoms. The molecule has 0 aliphatic carbocycles. The zero-order valence-electron chi connectivity index (χ0n) is 11.9. The molecule has 0 heterocycles. The van der Waals surface area contributed by atoms with Crippen molar-refractivity contribution >= 4 is 12.2 Å². The van der Waals surface area contributed by atoms with Gasteiger partial charge in [0, 0.05) is 0 Å². The van der Waals surface area contributed by atoms with Crippen LogP contribution in [-0.2, 0) is 6.61 Å². The molecule has 0 saturated heterocycles. The largest absolute Gasteiger partial charge is 0.489 e. The lowest BCUT2D eigenvalue weighted by atomic mass is 10.1. The van der Waals surface area contributed by atoms with E-state index in [1.165, 1.54) is 11.1 Å². The zero-order chi connectivity index (χ0) is 15.1. The van der Waals surface area contributed by atoms with Crippen LogP contribution in [0.25, 0.3) is 0 Å². The second kappa shape index (κ2) is 7.09. The summed E-state index contributed by atoms with van der Waals surface area (Å²) < 4.78 is 5.76. The predicted octanol–water partition coefficient (Wildman–Crippen LogP) is 2.18. The SMILES string of the molecule is Cc1ccccc1COc1ccc(C=NN=C(N)N)cc1. The van der Waals surface area contributed by atoms with Crippen molar-refractivity contribution in [3.8, 4) is 5.75 Å². The number of benzene rings is 2. The Bertz CT molecular complexity index is 644. The number of nitrogens with two attached hydrogens (primary N) is 2. The molecule has 0 amide bonds. The molecule has 0 fully saturated rings. The topological polar surface area (TPSA) is 86.0 Å². The molecule has 0 bridgehead atoms. The summed E-state index contributed by atoms with van der Waals surface area (Å²) in [7, 11) is 0. The van der Waals surface area contributed by atoms with Crippen LogP contribution in [0.15, 0.2) is 58.7 Å². The molecule has 0 atom stereocenters. The lowest BCUT2D eigenvalue weighted by Crippen LogP contribution is -2.21. The summed E-state index contributed by atoms with van der Waals surface area (Å²) in [6.07, 6.45) is 1.57. The summed E-state index contributed by atoms with van der Waals surface area (Å²) in [5, 5.41) is 7.29. The standard InChI is InChI=1S/C16H18N4O/c1-12-4-2-3-5-14(12)11-21-15-8-6-13(7-9-15)10-19-20-16(17)18/h2-10H,11H2,1H3,(H4,17,18,20). The van der Waals surface area contributed by atoms with Crippen molar-refractivity contribution < 1.29 is 4.74 Å². The fourth-order valence-corrected chi connectivity index (χ4v) is 1.75. The van der Waals surface area contributed by atoms with Crippen molar-refractivity contribution in [2.45, 2.75) is 13.5 Å². The lowest BCUT2D eigenvalue weighted by Gasteiger charge is -2.08. The van der Waals surface area contributed by atoms with Crippen molar-refractivity contribution in [3.63, 3.8) is 0 Å². The van der Waals surface area contributed by atoms with Crippen LogP contribution in [0.5, 0.6) is 5.75 Å². The van der Waals surface area contributed by atoms with Gasteiger partial charge in [0.1, 0.15) is 12.4 Å². The van der Waals surface area contributed by atoms with E-state index in [-0.39, 0.29) is 5.96 Å². The van der Waals surface area contributed by atoms with Crippen molar-refractivity contribution in [2.24, 2.45) is 21.7 Å². The summed E-state index contributed by atoms with van der Waals surface area (Å²) in [5.41, 5.74) is 13.7. The highest BCUT2D eigenvalue weighted by atomic mass is 16.5. The average Bonchev–Trinajstić information content (AvgIpc) is 2.47. The van der Waals surface area contributed by atoms with Gasteiger partial charge < -0.3 is 16.2 Å². The van der Waals surface area contributed by atoms with Gasteiger partial charge >= 0.3 is 0 Å². The van der Waals surface area contributed by atoms with Crippen LogP contribution in [0, 0.1) is 6.92 Å². The maximum atomic E-state index is 5.76. The molecule has 0 aromatic heterocycles. The van der Waals surface area contributed by atoms with Gasteiger partial charge in [-0.25, -0.2) is 0 Å². The van der Waals surface area contributed by atoms with Gasteiger partial charge in [-0.05, 0) is 47.9 Å². The summed E-state index contributed by atoms with van der Waals surface area (Å²) in [6, 6.07) is 15.7. The molecule has 2 aromatic carbocycles. The highest BCUT2D eigenvalue weighted by molar-refractivity contribution is 5.81. The van der Waals surface area contributed by atoms with Crippen LogP contribution >= 0.6 is 0 Å². The quantitative estimate of drug-likeness (QED) is 0.500. The zero-order valence-corrected chi connectivity index (χ0v) is 11.9. The van der Waals surface area contributed by atoms with E-state index in [0.717, 1.165) is 11.3 Å². The maximum Gasteiger partial charge on any atom is 0.211 e. The molecule has 0 saturated carbocycles. The summed E-state index contributed by atoms with van der Waals surface area (Å²) in [5.74, 6) is 0.738. The number of hydrogen-bond acceptors (Lipinski definition) is 3. The van der Waals surface area contributed by atoms with E-state index in [1.807, 2.05) is 36.4 Å². The van der Waals surface area contributed by atoms with Crippen molar-refractivity contribution in [2.75, 3.05) is 0 Å². The Kier molecular flexibility index (Phi) is 4.93. The van der Waals surface area contributed by atoms with Gasteiger partial charge in [0.05, 0.1) is 6.21 Å². The smallest absolute Gasteiger partial charge is 0.211 e. The molecule has 2 rings (SSSR count). The summed E-state index contributed by atoms with van der Waals surface area (Å²) >= 11 is 0. The predicted molar refractivity (Wildman–Crippen MR) is 85.4 cm³/mol. The van der Waals surface area contributed by atoms with E-state index >= 15 is 0 Å². The van der Waals surface area contributed by atoms with Gasteiger partial charge in [0.2, 0.25) is 5.96 Å².